The van der Waals surface area contributed by atoms with Gasteiger partial charge < -0.3 is 0 Å². The number of nitriles is 1. The van der Waals surface area contributed by atoms with Gasteiger partial charge in [-0.15, -0.1) is 11.3 Å². The van der Waals surface area contributed by atoms with Crippen molar-refractivity contribution in [3.05, 3.63) is 63.4 Å². The lowest BCUT2D eigenvalue weighted by Crippen LogP contribution is -2.01. The molecule has 1 heterocycles. The van der Waals surface area contributed by atoms with Crippen LogP contribution in [0.25, 0.3) is 6.08 Å². The standard InChI is InChI=1S/C15H11NOS/c1-11-7-8-18-14(11)9-13(10-16)15(17)12-5-3-2-4-6-12/h2-9H,1H3. The van der Waals surface area contributed by atoms with Crippen LogP contribution in [0.5, 0.6) is 0 Å². The average molecular weight is 253 g/mol. The maximum absolute atomic E-state index is 12.1. The Bertz CT molecular complexity index is 632. The van der Waals surface area contributed by atoms with Gasteiger partial charge in [-0.3, -0.25) is 4.79 Å². The number of rotatable bonds is 3. The van der Waals surface area contributed by atoms with E-state index in [1.54, 1.807) is 30.3 Å². The minimum Gasteiger partial charge on any atom is -0.288 e. The predicted octanol–water partition coefficient (Wildman–Crippen LogP) is 3.85. The van der Waals surface area contributed by atoms with Gasteiger partial charge in [-0.05, 0) is 30.0 Å². The molecule has 0 saturated carbocycles. The highest BCUT2D eigenvalue weighted by Crippen LogP contribution is 2.20. The molecule has 0 saturated heterocycles. The predicted molar refractivity (Wildman–Crippen MR) is 73.4 cm³/mol. The van der Waals surface area contributed by atoms with E-state index < -0.39 is 0 Å². The summed E-state index contributed by atoms with van der Waals surface area (Å²) in [7, 11) is 0. The summed E-state index contributed by atoms with van der Waals surface area (Å²) in [6.07, 6.45) is 1.66. The van der Waals surface area contributed by atoms with Gasteiger partial charge in [0.1, 0.15) is 11.6 Å². The molecular weight excluding hydrogens is 242 g/mol. The minimum absolute atomic E-state index is 0.173. The van der Waals surface area contributed by atoms with Crippen molar-refractivity contribution in [3.63, 3.8) is 0 Å². The molecule has 0 spiro atoms. The van der Waals surface area contributed by atoms with E-state index >= 15 is 0 Å². The maximum Gasteiger partial charge on any atom is 0.203 e. The van der Waals surface area contributed by atoms with Crippen molar-refractivity contribution >= 4 is 23.2 Å². The topological polar surface area (TPSA) is 40.9 Å². The Hall–Kier alpha value is -2.18. The third-order valence-electron chi connectivity index (χ3n) is 2.58. The molecule has 0 atom stereocenters. The van der Waals surface area contributed by atoms with Gasteiger partial charge in [-0.2, -0.15) is 5.26 Å². The van der Waals surface area contributed by atoms with Crippen molar-refractivity contribution in [2.75, 3.05) is 0 Å². The molecule has 0 aliphatic carbocycles. The monoisotopic (exact) mass is 253 g/mol. The number of nitrogens with zero attached hydrogens (tertiary/aromatic N) is 1. The molecule has 88 valence electrons. The smallest absolute Gasteiger partial charge is 0.203 e. The van der Waals surface area contributed by atoms with Crippen LogP contribution in [0.2, 0.25) is 0 Å². The molecule has 2 rings (SSSR count). The largest absolute Gasteiger partial charge is 0.288 e. The Morgan fingerprint density at radius 1 is 1.28 bits per heavy atom. The molecule has 0 amide bonds. The van der Waals surface area contributed by atoms with Crippen molar-refractivity contribution in [1.29, 1.82) is 5.26 Å². The van der Waals surface area contributed by atoms with Crippen molar-refractivity contribution in [1.82, 2.24) is 0 Å². The Kier molecular flexibility index (Phi) is 3.71. The van der Waals surface area contributed by atoms with Crippen LogP contribution in [0, 0.1) is 18.3 Å². The fourth-order valence-corrected chi connectivity index (χ4v) is 2.42. The van der Waals surface area contributed by atoms with Crippen LogP contribution in [0.15, 0.2) is 47.4 Å². The highest BCUT2D eigenvalue weighted by Gasteiger charge is 2.12. The van der Waals surface area contributed by atoms with Gasteiger partial charge in [0.15, 0.2) is 0 Å². The number of Topliss-reactive ketones (excluding diaryl/α,β-unsaturated/α-hetero) is 1. The number of carbonyl (C=O) groups is 1. The summed E-state index contributed by atoms with van der Waals surface area (Å²) in [4.78, 5) is 13.1. The fraction of sp³-hybridized carbons (Fsp3) is 0.0667. The van der Waals surface area contributed by atoms with E-state index in [9.17, 15) is 4.79 Å². The van der Waals surface area contributed by atoms with Crippen molar-refractivity contribution in [2.24, 2.45) is 0 Å². The first-order valence-corrected chi connectivity index (χ1v) is 6.36. The van der Waals surface area contributed by atoms with Gasteiger partial charge in [0, 0.05) is 10.4 Å². The first-order valence-electron chi connectivity index (χ1n) is 5.48. The molecule has 1 aromatic heterocycles. The normalized spacial score (nSPS) is 11.0. The summed E-state index contributed by atoms with van der Waals surface area (Å²) in [6, 6.07) is 12.8. The number of ketones is 1. The first kappa shape index (κ1) is 12.3. The third kappa shape index (κ3) is 2.55. The Balaban J connectivity index is 2.37. The molecule has 3 heteroatoms. The molecule has 2 nitrogen and oxygen atoms in total. The lowest BCUT2D eigenvalue weighted by Gasteiger charge is -1.98. The number of thiophene rings is 1. The van der Waals surface area contributed by atoms with Gasteiger partial charge in [-0.1, -0.05) is 30.3 Å². The number of carbonyl (C=O) groups excluding carboxylic acids is 1. The lowest BCUT2D eigenvalue weighted by atomic mass is 10.0. The SMILES string of the molecule is Cc1ccsc1C=C(C#N)C(=O)c1ccccc1. The third-order valence-corrected chi connectivity index (χ3v) is 3.54. The van der Waals surface area contributed by atoms with Gasteiger partial charge in [-0.25, -0.2) is 0 Å². The van der Waals surface area contributed by atoms with Gasteiger partial charge >= 0.3 is 0 Å². The molecule has 0 bridgehead atoms. The van der Waals surface area contributed by atoms with Crippen LogP contribution in [-0.2, 0) is 0 Å². The van der Waals surface area contributed by atoms with Crippen LogP contribution < -0.4 is 0 Å². The van der Waals surface area contributed by atoms with Gasteiger partial charge in [0.05, 0.1) is 0 Å². The minimum atomic E-state index is -0.231. The summed E-state index contributed by atoms with van der Waals surface area (Å²) in [5.41, 5.74) is 1.79. The molecule has 0 aliphatic heterocycles. The lowest BCUT2D eigenvalue weighted by molar-refractivity contribution is 0.104. The molecule has 0 fully saturated rings. The second-order valence-corrected chi connectivity index (χ2v) is 4.78. The second-order valence-electron chi connectivity index (χ2n) is 3.83. The van der Waals surface area contributed by atoms with Crippen molar-refractivity contribution < 1.29 is 4.79 Å². The zero-order valence-electron chi connectivity index (χ0n) is 9.88. The number of benzene rings is 1. The number of hydrogen-bond donors (Lipinski definition) is 0. The Morgan fingerprint density at radius 2 is 2.00 bits per heavy atom. The fourth-order valence-electron chi connectivity index (χ4n) is 1.56. The molecular formula is C15H11NOS. The van der Waals surface area contributed by atoms with Gasteiger partial charge in [0.25, 0.3) is 0 Å². The molecule has 1 aromatic carbocycles. The van der Waals surface area contributed by atoms with E-state index in [2.05, 4.69) is 0 Å². The Morgan fingerprint density at radius 3 is 2.56 bits per heavy atom. The zero-order chi connectivity index (χ0) is 13.0. The maximum atomic E-state index is 12.1. The summed E-state index contributed by atoms with van der Waals surface area (Å²) >= 11 is 1.53. The van der Waals surface area contributed by atoms with Gasteiger partial charge in [0.2, 0.25) is 5.78 Å². The van der Waals surface area contributed by atoms with E-state index in [-0.39, 0.29) is 11.4 Å². The highest BCUT2D eigenvalue weighted by atomic mass is 32.1. The summed E-state index contributed by atoms with van der Waals surface area (Å²) in [5, 5.41) is 11.1. The summed E-state index contributed by atoms with van der Waals surface area (Å²) in [5.74, 6) is -0.231. The van der Waals surface area contributed by atoms with E-state index in [1.165, 1.54) is 11.3 Å². The average Bonchev–Trinajstić information content (AvgIpc) is 2.81. The molecule has 0 radical (unpaired) electrons. The van der Waals surface area contributed by atoms with Crippen LogP contribution in [0.3, 0.4) is 0 Å². The van der Waals surface area contributed by atoms with E-state index in [0.717, 1.165) is 10.4 Å². The van der Waals surface area contributed by atoms with Crippen LogP contribution in [-0.4, -0.2) is 5.78 Å². The van der Waals surface area contributed by atoms with Crippen molar-refractivity contribution in [2.45, 2.75) is 6.92 Å². The number of allylic oxidation sites excluding steroid dienone is 1. The van der Waals surface area contributed by atoms with Crippen molar-refractivity contribution in [3.8, 4) is 6.07 Å². The quantitative estimate of drug-likeness (QED) is 0.473. The molecule has 0 N–H and O–H groups in total. The second kappa shape index (κ2) is 5.44. The number of aryl methyl sites for hydroxylation is 1. The molecule has 2 aromatic rings. The summed E-state index contributed by atoms with van der Waals surface area (Å²) in [6.45, 7) is 1.96. The molecule has 0 unspecified atom stereocenters. The van der Waals surface area contributed by atoms with E-state index in [0.29, 0.717) is 5.56 Å². The highest BCUT2D eigenvalue weighted by molar-refractivity contribution is 7.11. The Labute approximate surface area is 110 Å². The zero-order valence-corrected chi connectivity index (χ0v) is 10.7. The molecule has 18 heavy (non-hydrogen) atoms. The van der Waals surface area contributed by atoms with Crippen LogP contribution >= 0.6 is 11.3 Å². The molecule has 0 aliphatic rings. The first-order chi connectivity index (χ1) is 8.72. The van der Waals surface area contributed by atoms with E-state index in [1.807, 2.05) is 30.5 Å². The van der Waals surface area contributed by atoms with Crippen LogP contribution in [0.4, 0.5) is 0 Å². The summed E-state index contributed by atoms with van der Waals surface area (Å²) < 4.78 is 0. The number of hydrogen-bond acceptors (Lipinski definition) is 3. The van der Waals surface area contributed by atoms with E-state index in [4.69, 9.17) is 5.26 Å². The van der Waals surface area contributed by atoms with Crippen LogP contribution in [0.1, 0.15) is 20.8 Å².